The van der Waals surface area contributed by atoms with E-state index in [1.165, 1.54) is 18.1 Å². The van der Waals surface area contributed by atoms with Crippen molar-refractivity contribution in [2.24, 2.45) is 0 Å². The zero-order valence-electron chi connectivity index (χ0n) is 11.0. The van der Waals surface area contributed by atoms with Gasteiger partial charge in [-0.25, -0.2) is 0 Å². The Morgan fingerprint density at radius 1 is 1.35 bits per heavy atom. The number of anilines is 1. The molecule has 0 atom stereocenters. The standard InChI is InChI=1S/C13H15ClN2O4/c1-19-11-3-2-9(8-10(11)14)15-12(17)13(18)16-4-6-20-7-5-16/h2-3,8H,4-7H2,1H3,(H,15,17). The summed E-state index contributed by atoms with van der Waals surface area (Å²) in [6.07, 6.45) is 0. The number of hydrogen-bond acceptors (Lipinski definition) is 4. The van der Waals surface area contributed by atoms with Crippen LogP contribution in [0, 0.1) is 0 Å². The summed E-state index contributed by atoms with van der Waals surface area (Å²) >= 11 is 5.95. The number of hydrogen-bond donors (Lipinski definition) is 1. The predicted octanol–water partition coefficient (Wildman–Crippen LogP) is 1.15. The highest BCUT2D eigenvalue weighted by molar-refractivity contribution is 6.39. The normalized spacial score (nSPS) is 14.8. The molecule has 0 radical (unpaired) electrons. The minimum Gasteiger partial charge on any atom is -0.495 e. The van der Waals surface area contributed by atoms with Gasteiger partial charge in [0.05, 0.1) is 25.3 Å². The minimum atomic E-state index is -0.687. The lowest BCUT2D eigenvalue weighted by Crippen LogP contribution is -2.45. The second-order valence-corrected chi connectivity index (χ2v) is 4.62. The summed E-state index contributed by atoms with van der Waals surface area (Å²) in [5, 5.41) is 2.89. The highest BCUT2D eigenvalue weighted by Gasteiger charge is 2.23. The van der Waals surface area contributed by atoms with E-state index in [0.717, 1.165) is 0 Å². The van der Waals surface area contributed by atoms with Gasteiger partial charge in [-0.2, -0.15) is 0 Å². The molecule has 1 fully saturated rings. The maximum absolute atomic E-state index is 11.9. The Kier molecular flexibility index (Phi) is 4.81. The first-order valence-corrected chi connectivity index (χ1v) is 6.51. The number of ether oxygens (including phenoxy) is 2. The van der Waals surface area contributed by atoms with Crippen LogP contribution in [0.2, 0.25) is 5.02 Å². The van der Waals surface area contributed by atoms with Gasteiger partial charge in [0.1, 0.15) is 5.75 Å². The number of nitrogens with one attached hydrogen (secondary N) is 1. The Balaban J connectivity index is 2.00. The van der Waals surface area contributed by atoms with E-state index in [9.17, 15) is 9.59 Å². The molecular weight excluding hydrogens is 284 g/mol. The molecule has 1 aliphatic heterocycles. The molecule has 0 aromatic heterocycles. The molecule has 2 amide bonds. The molecule has 0 unspecified atom stereocenters. The van der Waals surface area contributed by atoms with Gasteiger partial charge in [0.25, 0.3) is 0 Å². The van der Waals surface area contributed by atoms with Crippen molar-refractivity contribution >= 4 is 29.1 Å². The van der Waals surface area contributed by atoms with Crippen LogP contribution in [0.1, 0.15) is 0 Å². The van der Waals surface area contributed by atoms with Gasteiger partial charge in [-0.1, -0.05) is 11.6 Å². The van der Waals surface area contributed by atoms with E-state index in [2.05, 4.69) is 5.32 Å². The average Bonchev–Trinajstić information content (AvgIpc) is 2.47. The van der Waals surface area contributed by atoms with E-state index >= 15 is 0 Å². The summed E-state index contributed by atoms with van der Waals surface area (Å²) in [7, 11) is 1.50. The van der Waals surface area contributed by atoms with Crippen LogP contribution in [0.25, 0.3) is 0 Å². The average molecular weight is 299 g/mol. The van der Waals surface area contributed by atoms with Gasteiger partial charge in [-0.05, 0) is 18.2 Å². The van der Waals surface area contributed by atoms with Crippen molar-refractivity contribution in [3.05, 3.63) is 23.2 Å². The van der Waals surface area contributed by atoms with E-state index in [0.29, 0.717) is 42.8 Å². The molecule has 2 rings (SSSR count). The van der Waals surface area contributed by atoms with Gasteiger partial charge in [0.2, 0.25) is 0 Å². The van der Waals surface area contributed by atoms with Gasteiger partial charge >= 0.3 is 11.8 Å². The van der Waals surface area contributed by atoms with Crippen LogP contribution >= 0.6 is 11.6 Å². The Bertz CT molecular complexity index is 515. The molecule has 0 saturated carbocycles. The number of amides is 2. The molecule has 20 heavy (non-hydrogen) atoms. The Labute approximate surface area is 121 Å². The first-order valence-electron chi connectivity index (χ1n) is 6.13. The molecule has 1 aromatic carbocycles. The van der Waals surface area contributed by atoms with Crippen molar-refractivity contribution in [1.29, 1.82) is 0 Å². The van der Waals surface area contributed by atoms with Crippen molar-refractivity contribution in [3.8, 4) is 5.75 Å². The third-order valence-corrected chi connectivity index (χ3v) is 3.20. The molecule has 0 bridgehead atoms. The number of carbonyl (C=O) groups is 2. The molecule has 1 N–H and O–H groups in total. The SMILES string of the molecule is COc1ccc(NC(=O)C(=O)N2CCOCC2)cc1Cl. The quantitative estimate of drug-likeness (QED) is 0.832. The van der Waals surface area contributed by atoms with Gasteiger partial charge in [0.15, 0.2) is 0 Å². The fraction of sp³-hybridized carbons (Fsp3) is 0.385. The number of methoxy groups -OCH3 is 1. The Morgan fingerprint density at radius 3 is 2.65 bits per heavy atom. The lowest BCUT2D eigenvalue weighted by atomic mass is 10.3. The third kappa shape index (κ3) is 3.40. The van der Waals surface area contributed by atoms with E-state index in [1.807, 2.05) is 0 Å². The van der Waals surface area contributed by atoms with Crippen LogP contribution in [0.5, 0.6) is 5.75 Å². The van der Waals surface area contributed by atoms with E-state index in [-0.39, 0.29) is 0 Å². The van der Waals surface area contributed by atoms with Crippen molar-refractivity contribution in [2.75, 3.05) is 38.7 Å². The van der Waals surface area contributed by atoms with Crippen LogP contribution in [-0.2, 0) is 14.3 Å². The van der Waals surface area contributed by atoms with Crippen molar-refractivity contribution < 1.29 is 19.1 Å². The second kappa shape index (κ2) is 6.58. The van der Waals surface area contributed by atoms with Gasteiger partial charge in [0, 0.05) is 18.8 Å². The summed E-state index contributed by atoms with van der Waals surface area (Å²) in [4.78, 5) is 25.2. The summed E-state index contributed by atoms with van der Waals surface area (Å²) in [5.41, 5.74) is 0.447. The third-order valence-electron chi connectivity index (χ3n) is 2.90. The highest BCUT2D eigenvalue weighted by Crippen LogP contribution is 2.27. The fourth-order valence-corrected chi connectivity index (χ4v) is 2.10. The van der Waals surface area contributed by atoms with Gasteiger partial charge in [-0.15, -0.1) is 0 Å². The first-order chi connectivity index (χ1) is 9.61. The van der Waals surface area contributed by atoms with Crippen LogP contribution in [-0.4, -0.2) is 50.1 Å². The van der Waals surface area contributed by atoms with Crippen molar-refractivity contribution in [3.63, 3.8) is 0 Å². The van der Waals surface area contributed by atoms with Crippen LogP contribution in [0.15, 0.2) is 18.2 Å². The second-order valence-electron chi connectivity index (χ2n) is 4.21. The minimum absolute atomic E-state index is 0.365. The monoisotopic (exact) mass is 298 g/mol. The van der Waals surface area contributed by atoms with Crippen molar-refractivity contribution in [2.45, 2.75) is 0 Å². The molecule has 1 saturated heterocycles. The number of rotatable bonds is 2. The lowest BCUT2D eigenvalue weighted by molar-refractivity contribution is -0.145. The molecule has 1 aromatic rings. The number of morpholine rings is 1. The highest BCUT2D eigenvalue weighted by atomic mass is 35.5. The van der Waals surface area contributed by atoms with Crippen LogP contribution in [0.3, 0.4) is 0 Å². The fourth-order valence-electron chi connectivity index (χ4n) is 1.84. The van der Waals surface area contributed by atoms with Gasteiger partial charge in [-0.3, -0.25) is 9.59 Å². The predicted molar refractivity (Wildman–Crippen MR) is 74.0 cm³/mol. The largest absolute Gasteiger partial charge is 0.495 e. The van der Waals surface area contributed by atoms with Gasteiger partial charge < -0.3 is 19.7 Å². The molecule has 108 valence electrons. The summed E-state index contributed by atoms with van der Waals surface area (Å²) in [6.45, 7) is 1.76. The topological polar surface area (TPSA) is 67.9 Å². The van der Waals surface area contributed by atoms with E-state index < -0.39 is 11.8 Å². The zero-order chi connectivity index (χ0) is 14.5. The maximum Gasteiger partial charge on any atom is 0.313 e. The molecule has 0 spiro atoms. The number of nitrogens with zero attached hydrogens (tertiary/aromatic N) is 1. The van der Waals surface area contributed by atoms with Crippen molar-refractivity contribution in [1.82, 2.24) is 4.90 Å². The smallest absolute Gasteiger partial charge is 0.313 e. The zero-order valence-corrected chi connectivity index (χ0v) is 11.8. The summed E-state index contributed by atoms with van der Waals surface area (Å²) < 4.78 is 10.1. The molecule has 1 heterocycles. The molecular formula is C13H15ClN2O4. The number of carbonyl (C=O) groups excluding carboxylic acids is 2. The summed E-state index contributed by atoms with van der Waals surface area (Å²) in [5.74, 6) is -0.752. The number of benzene rings is 1. The lowest BCUT2D eigenvalue weighted by Gasteiger charge is -2.26. The maximum atomic E-state index is 11.9. The number of halogens is 1. The van der Waals surface area contributed by atoms with E-state index in [4.69, 9.17) is 21.1 Å². The molecule has 7 heteroatoms. The molecule has 1 aliphatic rings. The first kappa shape index (κ1) is 14.6. The van der Waals surface area contributed by atoms with Crippen LogP contribution in [0.4, 0.5) is 5.69 Å². The Hall–Kier alpha value is -1.79. The Morgan fingerprint density at radius 2 is 2.05 bits per heavy atom. The molecule has 0 aliphatic carbocycles. The van der Waals surface area contributed by atoms with Crippen LogP contribution < -0.4 is 10.1 Å². The van der Waals surface area contributed by atoms with E-state index in [1.54, 1.807) is 12.1 Å². The summed E-state index contributed by atoms with van der Waals surface area (Å²) in [6, 6.07) is 4.78. The molecule has 6 nitrogen and oxygen atoms in total.